The number of hydrogen-bond acceptors (Lipinski definition) is 4. The number of hydrogen-bond donors (Lipinski definition) is 2. The standard InChI is InChI=1S/C9H10N4O2S.ClH/c10-3-4-12-8-2-1-6(13(14)15)5-7(8)11-9(12)16;/h1-2,5H,3-4,10H2,(H,11,16);1H. The average molecular weight is 275 g/mol. The van der Waals surface area contributed by atoms with E-state index in [0.717, 1.165) is 5.52 Å². The minimum absolute atomic E-state index is 0. The molecule has 0 amide bonds. The van der Waals surface area contributed by atoms with Crippen molar-refractivity contribution in [3.63, 3.8) is 0 Å². The van der Waals surface area contributed by atoms with Crippen molar-refractivity contribution in [2.75, 3.05) is 6.54 Å². The first kappa shape index (κ1) is 13.6. The maximum Gasteiger partial charge on any atom is 0.271 e. The lowest BCUT2D eigenvalue weighted by Gasteiger charge is -2.00. The molecule has 17 heavy (non-hydrogen) atoms. The Labute approximate surface area is 108 Å². The number of nitro benzene ring substituents is 1. The summed E-state index contributed by atoms with van der Waals surface area (Å²) in [5, 5.41) is 10.6. The Bertz CT molecular complexity index is 607. The number of imidazole rings is 1. The van der Waals surface area contributed by atoms with Crippen LogP contribution in [0.1, 0.15) is 0 Å². The lowest BCUT2D eigenvalue weighted by Crippen LogP contribution is -2.09. The normalized spacial score (nSPS) is 10.2. The molecule has 92 valence electrons. The van der Waals surface area contributed by atoms with E-state index in [1.807, 2.05) is 4.57 Å². The summed E-state index contributed by atoms with van der Waals surface area (Å²) < 4.78 is 2.36. The van der Waals surface area contributed by atoms with E-state index in [2.05, 4.69) is 4.98 Å². The molecule has 0 atom stereocenters. The number of H-pyrrole nitrogens is 1. The molecule has 0 aliphatic rings. The number of nitro groups is 1. The van der Waals surface area contributed by atoms with Crippen LogP contribution >= 0.6 is 24.6 Å². The molecule has 0 saturated heterocycles. The van der Waals surface area contributed by atoms with Gasteiger partial charge in [0.2, 0.25) is 0 Å². The van der Waals surface area contributed by atoms with Gasteiger partial charge in [0, 0.05) is 25.2 Å². The van der Waals surface area contributed by atoms with Crippen LogP contribution in [0.15, 0.2) is 18.2 Å². The molecule has 0 aliphatic carbocycles. The van der Waals surface area contributed by atoms with E-state index >= 15 is 0 Å². The molecular weight excluding hydrogens is 264 g/mol. The van der Waals surface area contributed by atoms with Crippen LogP contribution in [0.25, 0.3) is 11.0 Å². The third-order valence-electron chi connectivity index (χ3n) is 2.32. The van der Waals surface area contributed by atoms with E-state index in [1.165, 1.54) is 12.1 Å². The van der Waals surface area contributed by atoms with E-state index in [-0.39, 0.29) is 18.1 Å². The van der Waals surface area contributed by atoms with Crippen LogP contribution in [0.4, 0.5) is 5.69 Å². The topological polar surface area (TPSA) is 89.9 Å². The molecule has 0 unspecified atom stereocenters. The van der Waals surface area contributed by atoms with Gasteiger partial charge in [0.1, 0.15) is 0 Å². The van der Waals surface area contributed by atoms with Crippen LogP contribution in [0.5, 0.6) is 0 Å². The fourth-order valence-corrected chi connectivity index (χ4v) is 1.92. The van der Waals surface area contributed by atoms with Crippen molar-refractivity contribution < 1.29 is 4.92 Å². The van der Waals surface area contributed by atoms with Gasteiger partial charge in [0.05, 0.1) is 16.0 Å². The van der Waals surface area contributed by atoms with Crippen molar-refractivity contribution in [3.05, 3.63) is 33.1 Å². The monoisotopic (exact) mass is 274 g/mol. The molecule has 0 fully saturated rings. The lowest BCUT2D eigenvalue weighted by atomic mass is 10.3. The molecule has 3 N–H and O–H groups in total. The molecule has 1 aromatic carbocycles. The summed E-state index contributed by atoms with van der Waals surface area (Å²) >= 11 is 5.11. The van der Waals surface area contributed by atoms with Gasteiger partial charge >= 0.3 is 0 Å². The van der Waals surface area contributed by atoms with Gasteiger partial charge in [-0.15, -0.1) is 12.4 Å². The van der Waals surface area contributed by atoms with Crippen molar-refractivity contribution in [1.29, 1.82) is 0 Å². The number of fused-ring (bicyclic) bond motifs is 1. The number of nitrogens with zero attached hydrogens (tertiary/aromatic N) is 2. The first-order chi connectivity index (χ1) is 7.63. The summed E-state index contributed by atoms with van der Waals surface area (Å²) in [6.45, 7) is 1.06. The molecule has 0 aliphatic heterocycles. The second-order valence-electron chi connectivity index (χ2n) is 3.33. The number of aromatic nitrogens is 2. The van der Waals surface area contributed by atoms with Crippen LogP contribution in [-0.4, -0.2) is 21.0 Å². The van der Waals surface area contributed by atoms with E-state index in [1.54, 1.807) is 6.07 Å². The van der Waals surface area contributed by atoms with Gasteiger partial charge in [-0.2, -0.15) is 0 Å². The van der Waals surface area contributed by atoms with Crippen molar-refractivity contribution >= 4 is 41.3 Å². The number of nitrogens with two attached hydrogens (primary N) is 1. The first-order valence-corrected chi connectivity index (χ1v) is 5.11. The highest BCUT2D eigenvalue weighted by atomic mass is 35.5. The highest BCUT2D eigenvalue weighted by Crippen LogP contribution is 2.20. The predicted octanol–water partition coefficient (Wildman–Crippen LogP) is 1.99. The number of aromatic amines is 1. The van der Waals surface area contributed by atoms with Crippen LogP contribution in [0.3, 0.4) is 0 Å². The lowest BCUT2D eigenvalue weighted by molar-refractivity contribution is -0.384. The van der Waals surface area contributed by atoms with Gasteiger partial charge in [-0.3, -0.25) is 10.1 Å². The fraction of sp³-hybridized carbons (Fsp3) is 0.222. The maximum absolute atomic E-state index is 10.6. The Morgan fingerprint density at radius 1 is 1.53 bits per heavy atom. The van der Waals surface area contributed by atoms with Crippen molar-refractivity contribution in [2.24, 2.45) is 5.73 Å². The van der Waals surface area contributed by atoms with Gasteiger partial charge in [-0.1, -0.05) is 0 Å². The van der Waals surface area contributed by atoms with E-state index < -0.39 is 4.92 Å². The van der Waals surface area contributed by atoms with E-state index in [9.17, 15) is 10.1 Å². The zero-order valence-corrected chi connectivity index (χ0v) is 10.4. The minimum atomic E-state index is -0.434. The summed E-state index contributed by atoms with van der Waals surface area (Å²) in [5.41, 5.74) is 7.01. The Morgan fingerprint density at radius 3 is 2.82 bits per heavy atom. The highest BCUT2D eigenvalue weighted by Gasteiger charge is 2.09. The fourth-order valence-electron chi connectivity index (χ4n) is 1.62. The van der Waals surface area contributed by atoms with E-state index in [4.69, 9.17) is 18.0 Å². The molecule has 0 radical (unpaired) electrons. The maximum atomic E-state index is 10.6. The molecule has 1 aromatic heterocycles. The molecule has 1 heterocycles. The van der Waals surface area contributed by atoms with Crippen molar-refractivity contribution in [2.45, 2.75) is 6.54 Å². The molecule has 6 nitrogen and oxygen atoms in total. The van der Waals surface area contributed by atoms with Crippen LogP contribution in [0.2, 0.25) is 0 Å². The largest absolute Gasteiger partial charge is 0.330 e. The second-order valence-corrected chi connectivity index (χ2v) is 3.72. The van der Waals surface area contributed by atoms with Crippen molar-refractivity contribution in [3.8, 4) is 0 Å². The predicted molar refractivity (Wildman–Crippen MR) is 70.1 cm³/mol. The summed E-state index contributed by atoms with van der Waals surface area (Å²) in [7, 11) is 0. The summed E-state index contributed by atoms with van der Waals surface area (Å²) in [6, 6.07) is 4.60. The Kier molecular flexibility index (Phi) is 4.22. The van der Waals surface area contributed by atoms with Gasteiger partial charge in [-0.05, 0) is 18.3 Å². The number of benzene rings is 1. The summed E-state index contributed by atoms with van der Waals surface area (Å²) in [4.78, 5) is 13.1. The van der Waals surface area contributed by atoms with Crippen LogP contribution < -0.4 is 5.73 Å². The van der Waals surface area contributed by atoms with Gasteiger partial charge in [0.25, 0.3) is 5.69 Å². The number of rotatable bonds is 3. The number of non-ortho nitro benzene ring substituents is 1. The van der Waals surface area contributed by atoms with Gasteiger partial charge < -0.3 is 15.3 Å². The smallest absolute Gasteiger partial charge is 0.271 e. The van der Waals surface area contributed by atoms with Gasteiger partial charge in [-0.25, -0.2) is 0 Å². The molecule has 0 saturated carbocycles. The molecule has 0 bridgehead atoms. The minimum Gasteiger partial charge on any atom is -0.330 e. The molecule has 2 aromatic rings. The zero-order valence-electron chi connectivity index (χ0n) is 8.75. The van der Waals surface area contributed by atoms with Crippen molar-refractivity contribution in [1.82, 2.24) is 9.55 Å². The number of halogens is 1. The summed E-state index contributed by atoms with van der Waals surface area (Å²) in [6.07, 6.45) is 0. The Morgan fingerprint density at radius 2 is 2.24 bits per heavy atom. The third kappa shape index (κ3) is 2.46. The third-order valence-corrected chi connectivity index (χ3v) is 2.64. The van der Waals surface area contributed by atoms with E-state index in [0.29, 0.717) is 23.4 Å². The average Bonchev–Trinajstić information content (AvgIpc) is 2.55. The van der Waals surface area contributed by atoms with Gasteiger partial charge in [0.15, 0.2) is 4.77 Å². The first-order valence-electron chi connectivity index (χ1n) is 4.70. The Balaban J connectivity index is 0.00000144. The highest BCUT2D eigenvalue weighted by molar-refractivity contribution is 7.71. The van der Waals surface area contributed by atoms with Crippen LogP contribution in [-0.2, 0) is 6.54 Å². The molecule has 0 spiro atoms. The van der Waals surface area contributed by atoms with Crippen LogP contribution in [0, 0.1) is 14.9 Å². The zero-order chi connectivity index (χ0) is 11.7. The SMILES string of the molecule is Cl.NCCn1c(=S)[nH]c2cc([N+](=O)[O-])ccc21. The molecule has 2 rings (SSSR count). The quantitative estimate of drug-likeness (QED) is 0.509. The molecule has 8 heteroatoms. The summed E-state index contributed by atoms with van der Waals surface area (Å²) in [5.74, 6) is 0. The Hall–Kier alpha value is -1.44. The molecular formula is C9H11ClN4O2S. The second kappa shape index (κ2) is 5.26. The number of nitrogens with one attached hydrogen (secondary N) is 1.